The third-order valence-corrected chi connectivity index (χ3v) is 1.71. The number of hydrogen-bond donors (Lipinski definition) is 1. The van der Waals surface area contributed by atoms with Gasteiger partial charge >= 0.3 is 0 Å². The number of nitrogens with two attached hydrogens (primary N) is 1. The molecule has 0 aromatic heterocycles. The lowest BCUT2D eigenvalue weighted by Crippen LogP contribution is -2.31. The van der Waals surface area contributed by atoms with Crippen molar-refractivity contribution in [2.75, 3.05) is 18.5 Å². The molecular formula is C9H10F2N2O. The predicted octanol–water partition coefficient (Wildman–Crippen LogP) is 0.886. The summed E-state index contributed by atoms with van der Waals surface area (Å²) in [5.41, 5.74) is 5.08. The molecular weight excluding hydrogens is 190 g/mol. The minimum Gasteiger partial charge on any atom is -0.368 e. The van der Waals surface area contributed by atoms with Crippen molar-refractivity contribution in [2.45, 2.75) is 0 Å². The van der Waals surface area contributed by atoms with Crippen molar-refractivity contribution < 1.29 is 13.6 Å². The first-order chi connectivity index (χ1) is 6.50. The fourth-order valence-corrected chi connectivity index (χ4v) is 1.11. The second-order valence-corrected chi connectivity index (χ2v) is 2.92. The molecule has 1 aromatic rings. The zero-order valence-corrected chi connectivity index (χ0v) is 7.63. The van der Waals surface area contributed by atoms with Gasteiger partial charge in [-0.15, -0.1) is 0 Å². The summed E-state index contributed by atoms with van der Waals surface area (Å²) in [5.74, 6) is -1.94. The maximum absolute atomic E-state index is 13.1. The highest BCUT2D eigenvalue weighted by molar-refractivity contribution is 5.79. The molecule has 0 aliphatic rings. The second kappa shape index (κ2) is 4.04. The molecule has 2 N–H and O–H groups in total. The summed E-state index contributed by atoms with van der Waals surface area (Å²) in [4.78, 5) is 11.9. The number of primary amides is 1. The van der Waals surface area contributed by atoms with E-state index >= 15 is 0 Å². The van der Waals surface area contributed by atoms with Crippen molar-refractivity contribution in [3.05, 3.63) is 29.8 Å². The number of amides is 1. The number of rotatable bonds is 3. The topological polar surface area (TPSA) is 46.3 Å². The SMILES string of the molecule is CN(CC(N)=O)c1ccc(F)cc1F. The Balaban J connectivity index is 2.90. The van der Waals surface area contributed by atoms with E-state index in [4.69, 9.17) is 5.73 Å². The molecule has 0 bridgehead atoms. The molecule has 0 heterocycles. The summed E-state index contributed by atoms with van der Waals surface area (Å²) in [6, 6.07) is 3.14. The van der Waals surface area contributed by atoms with Crippen LogP contribution in [-0.4, -0.2) is 19.5 Å². The molecule has 0 aliphatic heterocycles. The minimum absolute atomic E-state index is 0.109. The Bertz CT molecular complexity index is 355. The minimum atomic E-state index is -0.714. The van der Waals surface area contributed by atoms with Crippen LogP contribution in [0.15, 0.2) is 18.2 Å². The number of nitrogens with zero attached hydrogens (tertiary/aromatic N) is 1. The average molecular weight is 200 g/mol. The van der Waals surface area contributed by atoms with Crippen LogP contribution in [0.4, 0.5) is 14.5 Å². The van der Waals surface area contributed by atoms with Gasteiger partial charge < -0.3 is 10.6 Å². The third kappa shape index (κ3) is 2.42. The van der Waals surface area contributed by atoms with Gasteiger partial charge in [-0.05, 0) is 12.1 Å². The predicted molar refractivity (Wildman–Crippen MR) is 48.8 cm³/mol. The Kier molecular flexibility index (Phi) is 3.01. The van der Waals surface area contributed by atoms with Crippen LogP contribution in [-0.2, 0) is 4.79 Å². The summed E-state index contributed by atoms with van der Waals surface area (Å²) in [6.45, 7) is -0.109. The van der Waals surface area contributed by atoms with Crippen LogP contribution in [0.2, 0.25) is 0 Å². The lowest BCUT2D eigenvalue weighted by molar-refractivity contribution is -0.116. The quantitative estimate of drug-likeness (QED) is 0.787. The van der Waals surface area contributed by atoms with E-state index in [1.54, 1.807) is 0 Å². The summed E-state index contributed by atoms with van der Waals surface area (Å²) in [5, 5.41) is 0. The molecule has 0 radical (unpaired) electrons. The fourth-order valence-electron chi connectivity index (χ4n) is 1.11. The number of hydrogen-bond acceptors (Lipinski definition) is 2. The van der Waals surface area contributed by atoms with E-state index in [9.17, 15) is 13.6 Å². The molecule has 3 nitrogen and oxygen atoms in total. The number of benzene rings is 1. The zero-order chi connectivity index (χ0) is 10.7. The van der Waals surface area contributed by atoms with E-state index in [-0.39, 0.29) is 12.2 Å². The summed E-state index contributed by atoms with van der Waals surface area (Å²) < 4.78 is 25.6. The summed E-state index contributed by atoms with van der Waals surface area (Å²) in [6.07, 6.45) is 0. The van der Waals surface area contributed by atoms with Gasteiger partial charge in [0.15, 0.2) is 0 Å². The number of anilines is 1. The smallest absolute Gasteiger partial charge is 0.236 e. The first-order valence-corrected chi connectivity index (χ1v) is 3.95. The van der Waals surface area contributed by atoms with Gasteiger partial charge in [0.25, 0.3) is 0 Å². The Morgan fingerprint density at radius 1 is 1.50 bits per heavy atom. The Labute approximate surface area is 80.1 Å². The number of carbonyl (C=O) groups excluding carboxylic acids is 1. The van der Waals surface area contributed by atoms with E-state index in [1.165, 1.54) is 18.0 Å². The third-order valence-electron chi connectivity index (χ3n) is 1.71. The van der Waals surface area contributed by atoms with Gasteiger partial charge in [-0.1, -0.05) is 0 Å². The van der Waals surface area contributed by atoms with Crippen molar-refractivity contribution in [3.63, 3.8) is 0 Å². The molecule has 1 amide bonds. The molecule has 0 fully saturated rings. The van der Waals surface area contributed by atoms with E-state index < -0.39 is 17.5 Å². The largest absolute Gasteiger partial charge is 0.368 e. The standard InChI is InChI=1S/C9H10F2N2O/c1-13(5-9(12)14)8-3-2-6(10)4-7(8)11/h2-4H,5H2,1H3,(H2,12,14). The molecule has 1 rings (SSSR count). The summed E-state index contributed by atoms with van der Waals surface area (Å²) >= 11 is 0. The van der Waals surface area contributed by atoms with Crippen LogP contribution in [0.25, 0.3) is 0 Å². The van der Waals surface area contributed by atoms with E-state index in [2.05, 4.69) is 0 Å². The first kappa shape index (κ1) is 10.4. The molecule has 0 atom stereocenters. The molecule has 76 valence electrons. The maximum Gasteiger partial charge on any atom is 0.236 e. The van der Waals surface area contributed by atoms with Crippen molar-refractivity contribution >= 4 is 11.6 Å². The number of likely N-dealkylation sites (N-methyl/N-ethyl adjacent to an activating group) is 1. The van der Waals surface area contributed by atoms with Crippen molar-refractivity contribution in [3.8, 4) is 0 Å². The Hall–Kier alpha value is -1.65. The van der Waals surface area contributed by atoms with Gasteiger partial charge in [-0.3, -0.25) is 4.79 Å². The van der Waals surface area contributed by atoms with E-state index in [1.807, 2.05) is 0 Å². The molecule has 0 unspecified atom stereocenters. The highest BCUT2D eigenvalue weighted by atomic mass is 19.1. The van der Waals surface area contributed by atoms with Crippen LogP contribution >= 0.6 is 0 Å². The van der Waals surface area contributed by atoms with Crippen LogP contribution < -0.4 is 10.6 Å². The van der Waals surface area contributed by atoms with Gasteiger partial charge in [-0.25, -0.2) is 8.78 Å². The number of carbonyl (C=O) groups is 1. The molecule has 0 saturated heterocycles. The maximum atomic E-state index is 13.1. The monoisotopic (exact) mass is 200 g/mol. The average Bonchev–Trinajstić information content (AvgIpc) is 2.01. The molecule has 0 spiro atoms. The van der Waals surface area contributed by atoms with Crippen LogP contribution in [0, 0.1) is 11.6 Å². The lowest BCUT2D eigenvalue weighted by Gasteiger charge is -2.17. The molecule has 5 heteroatoms. The van der Waals surface area contributed by atoms with Crippen LogP contribution in [0.3, 0.4) is 0 Å². The molecule has 1 aromatic carbocycles. The van der Waals surface area contributed by atoms with Crippen molar-refractivity contribution in [1.29, 1.82) is 0 Å². The molecule has 0 saturated carbocycles. The molecule has 14 heavy (non-hydrogen) atoms. The van der Waals surface area contributed by atoms with Crippen molar-refractivity contribution in [1.82, 2.24) is 0 Å². The first-order valence-electron chi connectivity index (χ1n) is 3.95. The van der Waals surface area contributed by atoms with Crippen LogP contribution in [0.5, 0.6) is 0 Å². The van der Waals surface area contributed by atoms with E-state index in [0.717, 1.165) is 12.1 Å². The normalized spacial score (nSPS) is 9.93. The van der Waals surface area contributed by atoms with Gasteiger partial charge in [0.2, 0.25) is 5.91 Å². The highest BCUT2D eigenvalue weighted by Crippen LogP contribution is 2.18. The lowest BCUT2D eigenvalue weighted by atomic mass is 10.2. The van der Waals surface area contributed by atoms with Crippen molar-refractivity contribution in [2.24, 2.45) is 5.73 Å². The second-order valence-electron chi connectivity index (χ2n) is 2.92. The Morgan fingerprint density at radius 3 is 2.64 bits per heavy atom. The fraction of sp³-hybridized carbons (Fsp3) is 0.222. The summed E-state index contributed by atoms with van der Waals surface area (Å²) in [7, 11) is 1.50. The van der Waals surface area contributed by atoms with Gasteiger partial charge in [0.05, 0.1) is 12.2 Å². The van der Waals surface area contributed by atoms with E-state index in [0.29, 0.717) is 0 Å². The highest BCUT2D eigenvalue weighted by Gasteiger charge is 2.09. The zero-order valence-electron chi connectivity index (χ0n) is 7.63. The van der Waals surface area contributed by atoms with Crippen LogP contribution in [0.1, 0.15) is 0 Å². The van der Waals surface area contributed by atoms with Gasteiger partial charge in [0.1, 0.15) is 11.6 Å². The molecule has 0 aliphatic carbocycles. The van der Waals surface area contributed by atoms with Gasteiger partial charge in [-0.2, -0.15) is 0 Å². The Morgan fingerprint density at radius 2 is 2.14 bits per heavy atom. The number of halogens is 2. The van der Waals surface area contributed by atoms with Gasteiger partial charge in [0, 0.05) is 13.1 Å².